The molecule has 31 heavy (non-hydrogen) atoms. The SMILES string of the molecule is CC[C@@H](C(=O)NC1CCCCC1)N(Cc1ccccc1)C(=O)Cc1ccc(C)c(C)c1. The van der Waals surface area contributed by atoms with E-state index in [9.17, 15) is 9.59 Å². The van der Waals surface area contributed by atoms with Crippen LogP contribution in [-0.4, -0.2) is 28.8 Å². The lowest BCUT2D eigenvalue weighted by Gasteiger charge is -2.33. The molecule has 1 saturated carbocycles. The van der Waals surface area contributed by atoms with E-state index in [2.05, 4.69) is 31.3 Å². The van der Waals surface area contributed by atoms with E-state index in [1.165, 1.54) is 30.4 Å². The lowest BCUT2D eigenvalue weighted by atomic mass is 9.95. The lowest BCUT2D eigenvalue weighted by molar-refractivity contribution is -0.141. The lowest BCUT2D eigenvalue weighted by Crippen LogP contribution is -2.51. The number of nitrogens with one attached hydrogen (secondary N) is 1. The molecule has 0 bridgehead atoms. The zero-order chi connectivity index (χ0) is 22.2. The van der Waals surface area contributed by atoms with E-state index < -0.39 is 6.04 Å². The molecule has 0 radical (unpaired) electrons. The van der Waals surface area contributed by atoms with Gasteiger partial charge in [0.2, 0.25) is 11.8 Å². The summed E-state index contributed by atoms with van der Waals surface area (Å²) in [6.07, 6.45) is 6.57. The monoisotopic (exact) mass is 420 g/mol. The van der Waals surface area contributed by atoms with Crippen molar-refractivity contribution in [2.75, 3.05) is 0 Å². The van der Waals surface area contributed by atoms with Crippen LogP contribution in [0.5, 0.6) is 0 Å². The summed E-state index contributed by atoms with van der Waals surface area (Å²) < 4.78 is 0. The molecule has 1 aliphatic rings. The van der Waals surface area contributed by atoms with Gasteiger partial charge in [-0.25, -0.2) is 0 Å². The van der Waals surface area contributed by atoms with Crippen LogP contribution in [0, 0.1) is 13.8 Å². The Kier molecular flexibility index (Phi) is 8.27. The first-order valence-corrected chi connectivity index (χ1v) is 11.7. The minimum atomic E-state index is -0.457. The first-order chi connectivity index (χ1) is 15.0. The Morgan fingerprint density at radius 1 is 0.968 bits per heavy atom. The van der Waals surface area contributed by atoms with Crippen molar-refractivity contribution < 1.29 is 9.59 Å². The highest BCUT2D eigenvalue weighted by atomic mass is 16.2. The first-order valence-electron chi connectivity index (χ1n) is 11.7. The van der Waals surface area contributed by atoms with Crippen LogP contribution in [-0.2, 0) is 22.6 Å². The van der Waals surface area contributed by atoms with Crippen molar-refractivity contribution in [1.82, 2.24) is 10.2 Å². The van der Waals surface area contributed by atoms with Gasteiger partial charge >= 0.3 is 0 Å². The molecule has 2 aromatic rings. The molecule has 0 saturated heterocycles. The molecule has 2 amide bonds. The van der Waals surface area contributed by atoms with Crippen LogP contribution in [0.15, 0.2) is 48.5 Å². The van der Waals surface area contributed by atoms with Gasteiger partial charge in [-0.2, -0.15) is 0 Å². The molecule has 4 heteroatoms. The molecule has 0 spiro atoms. The van der Waals surface area contributed by atoms with Gasteiger partial charge in [0, 0.05) is 12.6 Å². The Bertz CT molecular complexity index is 872. The maximum atomic E-state index is 13.5. The van der Waals surface area contributed by atoms with E-state index in [0.717, 1.165) is 24.0 Å². The van der Waals surface area contributed by atoms with Gasteiger partial charge in [0.1, 0.15) is 6.04 Å². The molecular formula is C27H36N2O2. The second-order valence-electron chi connectivity index (χ2n) is 8.87. The molecule has 0 aromatic heterocycles. The number of amides is 2. The summed E-state index contributed by atoms with van der Waals surface area (Å²) in [5, 5.41) is 3.24. The first kappa shape index (κ1) is 23.1. The van der Waals surface area contributed by atoms with Crippen molar-refractivity contribution in [2.24, 2.45) is 0 Å². The number of rotatable bonds is 8. The highest BCUT2D eigenvalue weighted by Gasteiger charge is 2.30. The predicted octanol–water partition coefficient (Wildman–Crippen LogP) is 5.10. The molecule has 0 aliphatic heterocycles. The Balaban J connectivity index is 1.79. The zero-order valence-corrected chi connectivity index (χ0v) is 19.2. The number of hydrogen-bond acceptors (Lipinski definition) is 2. The summed E-state index contributed by atoms with van der Waals surface area (Å²) in [7, 11) is 0. The fourth-order valence-corrected chi connectivity index (χ4v) is 4.43. The Morgan fingerprint density at radius 2 is 1.68 bits per heavy atom. The molecule has 3 rings (SSSR count). The fourth-order valence-electron chi connectivity index (χ4n) is 4.43. The molecule has 1 aliphatic carbocycles. The van der Waals surface area contributed by atoms with Gasteiger partial charge < -0.3 is 10.2 Å². The number of hydrogen-bond donors (Lipinski definition) is 1. The number of carbonyl (C=O) groups excluding carboxylic acids is 2. The van der Waals surface area contributed by atoms with E-state index in [-0.39, 0.29) is 17.9 Å². The quantitative estimate of drug-likeness (QED) is 0.646. The van der Waals surface area contributed by atoms with Gasteiger partial charge in [0.25, 0.3) is 0 Å². The van der Waals surface area contributed by atoms with Gasteiger partial charge in [0.05, 0.1) is 6.42 Å². The maximum Gasteiger partial charge on any atom is 0.243 e. The van der Waals surface area contributed by atoms with Crippen LogP contribution in [0.3, 0.4) is 0 Å². The minimum absolute atomic E-state index is 0.00208. The maximum absolute atomic E-state index is 13.5. The summed E-state index contributed by atoms with van der Waals surface area (Å²) in [6, 6.07) is 15.9. The zero-order valence-electron chi connectivity index (χ0n) is 19.2. The molecule has 1 N–H and O–H groups in total. The van der Waals surface area contributed by atoms with Gasteiger partial charge in [-0.1, -0.05) is 74.7 Å². The fraction of sp³-hybridized carbons (Fsp3) is 0.481. The van der Waals surface area contributed by atoms with Crippen LogP contribution >= 0.6 is 0 Å². The van der Waals surface area contributed by atoms with Crippen molar-refractivity contribution in [3.63, 3.8) is 0 Å². The molecule has 2 aromatic carbocycles. The van der Waals surface area contributed by atoms with E-state index in [1.54, 1.807) is 4.90 Å². The Morgan fingerprint density at radius 3 is 2.32 bits per heavy atom. The highest BCUT2D eigenvalue weighted by Crippen LogP contribution is 2.20. The summed E-state index contributed by atoms with van der Waals surface area (Å²) >= 11 is 0. The highest BCUT2D eigenvalue weighted by molar-refractivity contribution is 5.88. The molecule has 0 heterocycles. The molecule has 0 unspecified atom stereocenters. The topological polar surface area (TPSA) is 49.4 Å². The van der Waals surface area contributed by atoms with Crippen molar-refractivity contribution in [3.8, 4) is 0 Å². The summed E-state index contributed by atoms with van der Waals surface area (Å²) in [5.41, 5.74) is 4.44. The Labute approximate surface area is 187 Å². The standard InChI is InChI=1S/C27H36N2O2/c1-4-25(27(31)28-24-13-9-6-10-14-24)29(19-22-11-7-5-8-12-22)26(30)18-23-16-15-20(2)21(3)17-23/h5,7-8,11-12,15-17,24-25H,4,6,9-10,13-14,18-19H2,1-3H3,(H,28,31)/t25-/m0/s1. The van der Waals surface area contributed by atoms with Crippen molar-refractivity contribution in [2.45, 2.75) is 84.3 Å². The van der Waals surface area contributed by atoms with E-state index in [0.29, 0.717) is 19.4 Å². The third-order valence-electron chi connectivity index (χ3n) is 6.46. The molecule has 166 valence electrons. The number of nitrogens with zero attached hydrogens (tertiary/aromatic N) is 1. The number of aryl methyl sites for hydroxylation is 2. The molecule has 1 atom stereocenters. The van der Waals surface area contributed by atoms with Crippen LogP contribution in [0.1, 0.15) is 67.7 Å². The number of carbonyl (C=O) groups is 2. The van der Waals surface area contributed by atoms with Gasteiger partial charge in [0.15, 0.2) is 0 Å². The van der Waals surface area contributed by atoms with Crippen LogP contribution in [0.2, 0.25) is 0 Å². The molecule has 1 fully saturated rings. The van der Waals surface area contributed by atoms with Crippen LogP contribution in [0.4, 0.5) is 0 Å². The smallest absolute Gasteiger partial charge is 0.243 e. The van der Waals surface area contributed by atoms with E-state index >= 15 is 0 Å². The second kappa shape index (κ2) is 11.1. The van der Waals surface area contributed by atoms with Crippen molar-refractivity contribution >= 4 is 11.8 Å². The third kappa shape index (κ3) is 6.43. The van der Waals surface area contributed by atoms with E-state index in [4.69, 9.17) is 0 Å². The van der Waals surface area contributed by atoms with Crippen molar-refractivity contribution in [3.05, 3.63) is 70.8 Å². The molecular weight excluding hydrogens is 384 g/mol. The third-order valence-corrected chi connectivity index (χ3v) is 6.46. The second-order valence-corrected chi connectivity index (χ2v) is 8.87. The minimum Gasteiger partial charge on any atom is -0.352 e. The normalized spacial score (nSPS) is 15.3. The molecule has 4 nitrogen and oxygen atoms in total. The largest absolute Gasteiger partial charge is 0.352 e. The summed E-state index contributed by atoms with van der Waals surface area (Å²) in [5.74, 6) is -0.0171. The number of benzene rings is 2. The predicted molar refractivity (Wildman–Crippen MR) is 126 cm³/mol. The Hall–Kier alpha value is -2.62. The van der Waals surface area contributed by atoms with Crippen LogP contribution in [0.25, 0.3) is 0 Å². The van der Waals surface area contributed by atoms with Crippen molar-refractivity contribution in [1.29, 1.82) is 0 Å². The average Bonchev–Trinajstić information content (AvgIpc) is 2.77. The van der Waals surface area contributed by atoms with Gasteiger partial charge in [-0.3, -0.25) is 9.59 Å². The summed E-state index contributed by atoms with van der Waals surface area (Å²) in [4.78, 5) is 28.5. The summed E-state index contributed by atoms with van der Waals surface area (Å²) in [6.45, 7) is 6.58. The van der Waals surface area contributed by atoms with Gasteiger partial charge in [-0.15, -0.1) is 0 Å². The average molecular weight is 421 g/mol. The van der Waals surface area contributed by atoms with Crippen LogP contribution < -0.4 is 5.32 Å². The van der Waals surface area contributed by atoms with Gasteiger partial charge in [-0.05, 0) is 55.4 Å². The van der Waals surface area contributed by atoms with E-state index in [1.807, 2.05) is 43.3 Å².